The maximum Gasteiger partial charge on any atom is 0.222 e. The van der Waals surface area contributed by atoms with E-state index in [-0.39, 0.29) is 5.91 Å². The molecule has 18 heavy (non-hydrogen) atoms. The Hall–Kier alpha value is -0.610. The van der Waals surface area contributed by atoms with Gasteiger partial charge in [0.1, 0.15) is 0 Å². The monoisotopic (exact) mass is 256 g/mol. The van der Waals surface area contributed by atoms with Crippen LogP contribution in [0.2, 0.25) is 0 Å². The van der Waals surface area contributed by atoms with Crippen LogP contribution in [0.1, 0.15) is 51.9 Å². The van der Waals surface area contributed by atoms with Gasteiger partial charge in [0.25, 0.3) is 0 Å². The third-order valence-electron chi connectivity index (χ3n) is 3.67. The number of rotatable bonds is 8. The molecule has 1 saturated heterocycles. The van der Waals surface area contributed by atoms with Crippen LogP contribution in [0.25, 0.3) is 0 Å². The van der Waals surface area contributed by atoms with Gasteiger partial charge in [-0.05, 0) is 19.4 Å². The molecule has 0 bridgehead atoms. The lowest BCUT2D eigenvalue weighted by Crippen LogP contribution is -2.45. The molecular formula is C14H28N2O2. The number of carbonyl (C=O) groups excluding carboxylic acids is 1. The van der Waals surface area contributed by atoms with Crippen LogP contribution in [0.3, 0.4) is 0 Å². The number of aliphatic hydroxyl groups is 1. The van der Waals surface area contributed by atoms with Crippen LogP contribution in [0.4, 0.5) is 0 Å². The molecule has 1 aliphatic heterocycles. The van der Waals surface area contributed by atoms with Crippen LogP contribution in [0.15, 0.2) is 0 Å². The van der Waals surface area contributed by atoms with Gasteiger partial charge < -0.3 is 15.3 Å². The van der Waals surface area contributed by atoms with Gasteiger partial charge in [0.05, 0.1) is 12.1 Å². The fraction of sp³-hybridized carbons (Fsp3) is 0.929. The van der Waals surface area contributed by atoms with Crippen molar-refractivity contribution in [3.8, 4) is 0 Å². The standard InChI is InChI=1S/C14H28N2O2/c1-3-4-5-6-7-8-13(17)16(2)12-14(18)9-10-15-11-14/h15,18H,3-12H2,1-2H3. The van der Waals surface area contributed by atoms with E-state index in [2.05, 4.69) is 12.2 Å². The molecule has 0 aliphatic carbocycles. The summed E-state index contributed by atoms with van der Waals surface area (Å²) in [5.74, 6) is 0.159. The largest absolute Gasteiger partial charge is 0.387 e. The van der Waals surface area contributed by atoms with E-state index in [4.69, 9.17) is 0 Å². The molecule has 0 aromatic rings. The van der Waals surface area contributed by atoms with Crippen LogP contribution >= 0.6 is 0 Å². The Labute approximate surface area is 111 Å². The Bertz CT molecular complexity index is 250. The maximum atomic E-state index is 11.9. The predicted octanol–water partition coefficient (Wildman–Crippen LogP) is 1.53. The summed E-state index contributed by atoms with van der Waals surface area (Å²) in [5.41, 5.74) is -0.716. The Morgan fingerprint density at radius 1 is 1.33 bits per heavy atom. The summed E-state index contributed by atoms with van der Waals surface area (Å²) in [4.78, 5) is 13.6. The zero-order valence-electron chi connectivity index (χ0n) is 11.9. The average molecular weight is 256 g/mol. The summed E-state index contributed by atoms with van der Waals surface area (Å²) in [6.07, 6.45) is 7.18. The Morgan fingerprint density at radius 2 is 2.06 bits per heavy atom. The zero-order valence-corrected chi connectivity index (χ0v) is 11.9. The molecule has 1 heterocycles. The summed E-state index contributed by atoms with van der Waals surface area (Å²) in [5, 5.41) is 13.3. The number of hydrogen-bond acceptors (Lipinski definition) is 3. The molecule has 0 aromatic carbocycles. The molecule has 2 N–H and O–H groups in total. The summed E-state index contributed by atoms with van der Waals surface area (Å²) in [7, 11) is 1.80. The van der Waals surface area contributed by atoms with Gasteiger partial charge in [-0.25, -0.2) is 0 Å². The van der Waals surface area contributed by atoms with Gasteiger partial charge in [0.15, 0.2) is 0 Å². The molecule has 1 unspecified atom stereocenters. The normalized spacial score (nSPS) is 23.3. The fourth-order valence-corrected chi connectivity index (χ4v) is 2.47. The lowest BCUT2D eigenvalue weighted by Gasteiger charge is -2.28. The molecule has 0 saturated carbocycles. The molecule has 0 radical (unpaired) electrons. The second kappa shape index (κ2) is 7.74. The number of unbranched alkanes of at least 4 members (excludes halogenated alkanes) is 4. The molecule has 4 nitrogen and oxygen atoms in total. The predicted molar refractivity (Wildman–Crippen MR) is 73.4 cm³/mol. The smallest absolute Gasteiger partial charge is 0.222 e. The van der Waals surface area contributed by atoms with Crippen molar-refractivity contribution in [2.24, 2.45) is 0 Å². The topological polar surface area (TPSA) is 52.6 Å². The highest BCUT2D eigenvalue weighted by atomic mass is 16.3. The van der Waals surface area contributed by atoms with Gasteiger partial charge in [0, 0.05) is 20.0 Å². The average Bonchev–Trinajstić information content (AvgIpc) is 2.75. The minimum atomic E-state index is -0.716. The third kappa shape index (κ3) is 5.36. The second-order valence-corrected chi connectivity index (χ2v) is 5.57. The number of β-amino-alcohol motifs (C(OH)–C–C–N with tert-alkyl or cyclic N) is 1. The van der Waals surface area contributed by atoms with E-state index in [0.717, 1.165) is 25.8 Å². The van der Waals surface area contributed by atoms with E-state index < -0.39 is 5.60 Å². The third-order valence-corrected chi connectivity index (χ3v) is 3.67. The SMILES string of the molecule is CCCCCCCC(=O)N(C)CC1(O)CCNC1. The summed E-state index contributed by atoms with van der Waals surface area (Å²) in [6.45, 7) is 4.08. The summed E-state index contributed by atoms with van der Waals surface area (Å²) < 4.78 is 0. The van der Waals surface area contributed by atoms with E-state index in [0.29, 0.717) is 19.5 Å². The number of amides is 1. The Balaban J connectivity index is 2.16. The van der Waals surface area contributed by atoms with Gasteiger partial charge in [-0.3, -0.25) is 4.79 Å². The van der Waals surface area contributed by atoms with Crippen molar-refractivity contribution in [2.45, 2.75) is 57.5 Å². The molecule has 1 aliphatic rings. The molecule has 106 valence electrons. The van der Waals surface area contributed by atoms with Crippen molar-refractivity contribution in [3.05, 3.63) is 0 Å². The van der Waals surface area contributed by atoms with Crippen molar-refractivity contribution in [2.75, 3.05) is 26.7 Å². The lowest BCUT2D eigenvalue weighted by atomic mass is 10.0. The van der Waals surface area contributed by atoms with Crippen LogP contribution in [0, 0.1) is 0 Å². The Kier molecular flexibility index (Phi) is 6.65. The first-order valence-electron chi connectivity index (χ1n) is 7.24. The van der Waals surface area contributed by atoms with E-state index in [1.54, 1.807) is 11.9 Å². The highest BCUT2D eigenvalue weighted by Gasteiger charge is 2.33. The van der Waals surface area contributed by atoms with E-state index in [1.165, 1.54) is 19.3 Å². The number of nitrogens with zero attached hydrogens (tertiary/aromatic N) is 1. The minimum Gasteiger partial charge on any atom is -0.387 e. The second-order valence-electron chi connectivity index (χ2n) is 5.57. The van der Waals surface area contributed by atoms with Crippen molar-refractivity contribution in [1.82, 2.24) is 10.2 Å². The molecule has 4 heteroatoms. The number of hydrogen-bond donors (Lipinski definition) is 2. The zero-order chi connectivity index (χ0) is 13.4. The van der Waals surface area contributed by atoms with Crippen molar-refractivity contribution < 1.29 is 9.90 Å². The van der Waals surface area contributed by atoms with Crippen molar-refractivity contribution in [1.29, 1.82) is 0 Å². The van der Waals surface area contributed by atoms with Crippen LogP contribution in [-0.4, -0.2) is 48.2 Å². The summed E-state index contributed by atoms with van der Waals surface area (Å²) >= 11 is 0. The minimum absolute atomic E-state index is 0.159. The van der Waals surface area contributed by atoms with Gasteiger partial charge >= 0.3 is 0 Å². The van der Waals surface area contributed by atoms with Crippen LogP contribution in [0.5, 0.6) is 0 Å². The van der Waals surface area contributed by atoms with Gasteiger partial charge in [-0.15, -0.1) is 0 Å². The van der Waals surface area contributed by atoms with E-state index in [9.17, 15) is 9.90 Å². The first-order chi connectivity index (χ1) is 8.57. The molecule has 1 rings (SSSR count). The molecule has 1 atom stereocenters. The fourth-order valence-electron chi connectivity index (χ4n) is 2.47. The van der Waals surface area contributed by atoms with Crippen molar-refractivity contribution >= 4 is 5.91 Å². The molecule has 1 fully saturated rings. The van der Waals surface area contributed by atoms with Crippen molar-refractivity contribution in [3.63, 3.8) is 0 Å². The first kappa shape index (κ1) is 15.4. The van der Waals surface area contributed by atoms with Gasteiger partial charge in [-0.1, -0.05) is 32.6 Å². The summed E-state index contributed by atoms with van der Waals surface area (Å²) in [6, 6.07) is 0. The highest BCUT2D eigenvalue weighted by molar-refractivity contribution is 5.75. The Morgan fingerprint density at radius 3 is 2.67 bits per heavy atom. The number of likely N-dealkylation sites (N-methyl/N-ethyl adjacent to an activating group) is 1. The molecule has 1 amide bonds. The molecule has 0 spiro atoms. The quantitative estimate of drug-likeness (QED) is 0.648. The van der Waals surface area contributed by atoms with Crippen LogP contribution in [-0.2, 0) is 4.79 Å². The van der Waals surface area contributed by atoms with Gasteiger partial charge in [-0.2, -0.15) is 0 Å². The van der Waals surface area contributed by atoms with Gasteiger partial charge in [0.2, 0.25) is 5.91 Å². The van der Waals surface area contributed by atoms with E-state index >= 15 is 0 Å². The number of nitrogens with one attached hydrogen (secondary N) is 1. The van der Waals surface area contributed by atoms with Crippen LogP contribution < -0.4 is 5.32 Å². The molecular weight excluding hydrogens is 228 g/mol. The lowest BCUT2D eigenvalue weighted by molar-refractivity contribution is -0.133. The highest BCUT2D eigenvalue weighted by Crippen LogP contribution is 2.16. The first-order valence-corrected chi connectivity index (χ1v) is 7.24. The molecule has 0 aromatic heterocycles. The maximum absolute atomic E-state index is 11.9. The van der Waals surface area contributed by atoms with E-state index in [1.807, 2.05) is 0 Å². The number of carbonyl (C=O) groups is 1.